The number of nitrogens with one attached hydrogen (secondary N) is 11. The molecule has 1 rings (SSSR count). The molecule has 0 radical (unpaired) electrons. The van der Waals surface area contributed by atoms with Gasteiger partial charge in [0.15, 0.2) is 17.9 Å². The van der Waals surface area contributed by atoms with Gasteiger partial charge in [0.05, 0.1) is 0 Å². The molecule has 1 aliphatic rings. The van der Waals surface area contributed by atoms with Gasteiger partial charge in [-0.05, 0) is 84.0 Å². The van der Waals surface area contributed by atoms with Gasteiger partial charge < -0.3 is 81.8 Å². The Kier molecular flexibility index (Phi) is 24.3. The molecule has 23 N–H and O–H groups in total. The molecule has 0 bridgehead atoms. The summed E-state index contributed by atoms with van der Waals surface area (Å²) in [6, 6.07) is -7.63. The van der Waals surface area contributed by atoms with Crippen LogP contribution in [0.25, 0.3) is 0 Å². The molecule has 0 aromatic heterocycles. The second-order valence-electron chi connectivity index (χ2n) is 16.9. The molecule has 6 atom stereocenters. The number of carbonyl (C=O) groups is 9. The number of rotatable bonds is 30. The molecule has 1 saturated heterocycles. The van der Waals surface area contributed by atoms with Crippen molar-refractivity contribution >= 4 is 71.0 Å². The van der Waals surface area contributed by atoms with Crippen molar-refractivity contribution in [2.75, 3.05) is 26.2 Å². The highest BCUT2D eigenvalue weighted by Gasteiger charge is 2.41. The zero-order chi connectivity index (χ0) is 50.3. The summed E-state index contributed by atoms with van der Waals surface area (Å²) in [5.74, 6) is -8.49. The first-order valence-electron chi connectivity index (χ1n) is 21.7. The third-order valence-corrected chi connectivity index (χ3v) is 10.5. The number of likely N-dealkylation sites (tertiary alicyclic amines) is 1. The quantitative estimate of drug-likeness (QED) is 0.0138. The van der Waals surface area contributed by atoms with Crippen LogP contribution in [0.3, 0.4) is 0 Å². The zero-order valence-corrected chi connectivity index (χ0v) is 38.2. The molecule has 0 saturated carbocycles. The van der Waals surface area contributed by atoms with Gasteiger partial charge in [-0.3, -0.25) is 59.4 Å². The van der Waals surface area contributed by atoms with Crippen molar-refractivity contribution in [2.24, 2.45) is 45.7 Å². The van der Waals surface area contributed by atoms with Crippen LogP contribution >= 0.6 is 0 Å². The van der Waals surface area contributed by atoms with Gasteiger partial charge in [-0.25, -0.2) is 0 Å². The predicted molar refractivity (Wildman–Crippen MR) is 242 cm³/mol. The number of nitrogens with two attached hydrogens (primary N) is 6. The van der Waals surface area contributed by atoms with Gasteiger partial charge in [0, 0.05) is 32.6 Å². The maximum absolute atomic E-state index is 14.4. The monoisotopic (exact) mass is 937 g/mol. The summed E-state index contributed by atoms with van der Waals surface area (Å²) in [7, 11) is 0. The van der Waals surface area contributed by atoms with Gasteiger partial charge in [-0.15, -0.1) is 0 Å². The van der Waals surface area contributed by atoms with Crippen molar-refractivity contribution in [3.05, 3.63) is 0 Å². The SMILES string of the molecule is CC(C)CC(NC(=O)[C@@H](CCCNC(=N)N)NC(=O)[C@@H]1CCCN1C(=O)[C@H](CCCNC(=N)N)NC(=O)[C@H](CCC(N)=O)NC(=O)[C@@H](CCCNC(=N)N)NC(=O)C(C)(C)C(N)=O)C(N)=O. The number of hydrogen-bond acceptors (Lipinski definition) is 12. The second-order valence-corrected chi connectivity index (χ2v) is 16.9. The van der Waals surface area contributed by atoms with Crippen LogP contribution in [0.2, 0.25) is 0 Å². The van der Waals surface area contributed by atoms with Gasteiger partial charge in [-0.2, -0.15) is 0 Å². The van der Waals surface area contributed by atoms with Crippen LogP contribution in [0.15, 0.2) is 0 Å². The van der Waals surface area contributed by atoms with Crippen molar-refractivity contribution in [3.8, 4) is 0 Å². The number of hydrogen-bond donors (Lipinski definition) is 17. The van der Waals surface area contributed by atoms with Gasteiger partial charge >= 0.3 is 0 Å². The highest BCUT2D eigenvalue weighted by atomic mass is 16.2. The van der Waals surface area contributed by atoms with Crippen molar-refractivity contribution in [1.29, 1.82) is 16.2 Å². The highest BCUT2D eigenvalue weighted by Crippen LogP contribution is 2.21. The van der Waals surface area contributed by atoms with Crippen LogP contribution in [0.5, 0.6) is 0 Å². The van der Waals surface area contributed by atoms with Crippen molar-refractivity contribution in [3.63, 3.8) is 0 Å². The average Bonchev–Trinajstić information content (AvgIpc) is 3.71. The summed E-state index contributed by atoms with van der Waals surface area (Å²) in [5.41, 5.74) is 30.8. The summed E-state index contributed by atoms with van der Waals surface area (Å²) in [6.45, 7) is 6.62. The van der Waals surface area contributed by atoms with Crippen LogP contribution in [0.4, 0.5) is 0 Å². The third kappa shape index (κ3) is 20.7. The number of guanidine groups is 3. The van der Waals surface area contributed by atoms with Gasteiger partial charge in [0.2, 0.25) is 53.2 Å². The minimum Gasteiger partial charge on any atom is -0.370 e. The summed E-state index contributed by atoms with van der Waals surface area (Å²) < 4.78 is 0. The van der Waals surface area contributed by atoms with Gasteiger partial charge in [-0.1, -0.05) is 13.8 Å². The summed E-state index contributed by atoms with van der Waals surface area (Å²) in [4.78, 5) is 120. The first kappa shape index (κ1) is 57.1. The highest BCUT2D eigenvalue weighted by molar-refractivity contribution is 6.05. The van der Waals surface area contributed by atoms with Crippen molar-refractivity contribution in [1.82, 2.24) is 47.4 Å². The Balaban J connectivity index is 3.51. The molecule has 27 nitrogen and oxygen atoms in total. The van der Waals surface area contributed by atoms with E-state index in [4.69, 9.17) is 50.6 Å². The Labute approximate surface area is 383 Å². The fourth-order valence-electron chi connectivity index (χ4n) is 6.69. The lowest BCUT2D eigenvalue weighted by Gasteiger charge is -2.31. The smallest absolute Gasteiger partial charge is 0.245 e. The van der Waals surface area contributed by atoms with Crippen molar-refractivity contribution in [2.45, 2.75) is 135 Å². The lowest BCUT2D eigenvalue weighted by Crippen LogP contribution is -2.60. The molecule has 0 aromatic carbocycles. The normalized spacial score (nSPS) is 15.7. The maximum Gasteiger partial charge on any atom is 0.245 e. The molecular weight excluding hydrogens is 865 g/mol. The average molecular weight is 937 g/mol. The molecule has 1 heterocycles. The molecule has 1 aliphatic heterocycles. The fraction of sp³-hybridized carbons (Fsp3) is 0.692. The molecule has 66 heavy (non-hydrogen) atoms. The molecule has 1 fully saturated rings. The van der Waals surface area contributed by atoms with Crippen LogP contribution in [-0.2, 0) is 43.2 Å². The Morgan fingerprint density at radius 2 is 1.03 bits per heavy atom. The Hall–Kier alpha value is -6.96. The topological polar surface area (TPSA) is 481 Å². The van der Waals surface area contributed by atoms with Crippen LogP contribution in [0, 0.1) is 27.6 Å². The molecule has 372 valence electrons. The van der Waals surface area contributed by atoms with E-state index in [1.807, 2.05) is 13.8 Å². The largest absolute Gasteiger partial charge is 0.370 e. The lowest BCUT2D eigenvalue weighted by molar-refractivity contribution is -0.143. The van der Waals surface area contributed by atoms with Gasteiger partial charge in [0.1, 0.15) is 41.7 Å². The molecule has 0 aliphatic carbocycles. The summed E-state index contributed by atoms with van der Waals surface area (Å²) >= 11 is 0. The molecule has 0 aromatic rings. The van der Waals surface area contributed by atoms with E-state index < -0.39 is 101 Å². The van der Waals surface area contributed by atoms with E-state index in [1.54, 1.807) is 0 Å². The van der Waals surface area contributed by atoms with E-state index in [0.717, 1.165) is 0 Å². The van der Waals surface area contributed by atoms with Crippen LogP contribution in [0.1, 0.15) is 98.3 Å². The second kappa shape index (κ2) is 28.1. The minimum absolute atomic E-state index is 0.0195. The van der Waals surface area contributed by atoms with E-state index in [1.165, 1.54) is 18.7 Å². The fourth-order valence-corrected chi connectivity index (χ4v) is 6.69. The number of primary amides is 3. The Bertz CT molecular complexity index is 1780. The Morgan fingerprint density at radius 3 is 1.45 bits per heavy atom. The number of carbonyl (C=O) groups excluding carboxylic acids is 9. The van der Waals surface area contributed by atoms with Crippen LogP contribution in [-0.4, -0.2) is 138 Å². The number of nitrogens with zero attached hydrogens (tertiary/aromatic N) is 1. The third-order valence-electron chi connectivity index (χ3n) is 10.5. The summed E-state index contributed by atoms with van der Waals surface area (Å²) in [5, 5.41) is 43.0. The molecular formula is C39H72N18O9. The van der Waals surface area contributed by atoms with Crippen molar-refractivity contribution < 1.29 is 43.2 Å². The molecule has 1 unspecified atom stereocenters. The van der Waals surface area contributed by atoms with E-state index in [0.29, 0.717) is 6.42 Å². The first-order valence-corrected chi connectivity index (χ1v) is 21.7. The minimum atomic E-state index is -1.75. The lowest BCUT2D eigenvalue weighted by atomic mass is 9.91. The van der Waals surface area contributed by atoms with Crippen LogP contribution < -0.4 is 76.9 Å². The Morgan fingerprint density at radius 1 is 0.606 bits per heavy atom. The molecule has 9 amide bonds. The zero-order valence-electron chi connectivity index (χ0n) is 38.2. The molecule has 0 spiro atoms. The molecule has 27 heteroatoms. The van der Waals surface area contributed by atoms with E-state index in [-0.39, 0.29) is 108 Å². The summed E-state index contributed by atoms with van der Waals surface area (Å²) in [6.07, 6.45) is 0.446. The maximum atomic E-state index is 14.4. The number of amides is 9. The van der Waals surface area contributed by atoms with Gasteiger partial charge in [0.25, 0.3) is 0 Å². The van der Waals surface area contributed by atoms with E-state index in [2.05, 4.69) is 42.5 Å². The van der Waals surface area contributed by atoms with E-state index >= 15 is 0 Å². The standard InChI is InChI=1S/C39H72N18O9/c1-20(2)19-25(28(41)59)55-29(60)21(9-5-15-49-36(43)44)53-32(63)26-12-8-18-57(26)33(64)24(11-7-17-51-38(47)48)54-31(62)23(13-14-27(40)58)52-30(61)22(10-6-16-50-37(45)46)56-35(66)39(3,4)34(42)65/h20-26H,5-19H2,1-4H3,(H2,40,58)(H2,41,59)(H2,42,65)(H,52,61)(H,53,63)(H,54,62)(H,55,60)(H,56,66)(H4,43,44,49)(H4,45,46,50)(H4,47,48,51)/t21-,22-,23+,24+,25?,26+/m1/s1. The van der Waals surface area contributed by atoms with E-state index in [9.17, 15) is 43.2 Å². The first-order chi connectivity index (χ1) is 30.8. The predicted octanol–water partition coefficient (Wildman–Crippen LogP) is -5.50.